The summed E-state index contributed by atoms with van der Waals surface area (Å²) in [6.45, 7) is 2.00. The molecule has 0 unspecified atom stereocenters. The molecule has 4 aromatic rings. The fraction of sp³-hybridized carbons (Fsp3) is 0.0833. The number of hydrogen-bond acceptors (Lipinski definition) is 5. The van der Waals surface area contributed by atoms with Gasteiger partial charge in [0.05, 0.1) is 34.8 Å². The van der Waals surface area contributed by atoms with Gasteiger partial charge in [-0.25, -0.2) is 4.39 Å². The third-order valence-electron chi connectivity index (χ3n) is 5.17. The van der Waals surface area contributed by atoms with Gasteiger partial charge in [0, 0.05) is 15.7 Å². The van der Waals surface area contributed by atoms with E-state index in [9.17, 15) is 9.50 Å². The summed E-state index contributed by atoms with van der Waals surface area (Å²) in [5.41, 5.74) is 4.08. The summed E-state index contributed by atoms with van der Waals surface area (Å²) in [5, 5.41) is 19.6. The molecule has 0 aliphatic carbocycles. The lowest BCUT2D eigenvalue weighted by Gasteiger charge is -2.26. The second-order valence-electron chi connectivity index (χ2n) is 7.17. The number of ether oxygens (including phenoxy) is 1. The summed E-state index contributed by atoms with van der Waals surface area (Å²) in [5.74, 6) is 0.510. The van der Waals surface area contributed by atoms with Crippen LogP contribution in [0.15, 0.2) is 70.5 Å². The Labute approximate surface area is 177 Å². The smallest absolute Gasteiger partial charge is 0.148 e. The molecule has 0 saturated heterocycles. The van der Waals surface area contributed by atoms with Crippen molar-refractivity contribution in [2.24, 2.45) is 0 Å². The van der Waals surface area contributed by atoms with E-state index < -0.39 is 0 Å². The number of rotatable bonds is 3. The van der Waals surface area contributed by atoms with Gasteiger partial charge < -0.3 is 20.5 Å². The Morgan fingerprint density at radius 3 is 2.63 bits per heavy atom. The molecule has 5 rings (SSSR count). The Kier molecular flexibility index (Phi) is 4.44. The number of nitrogens with one attached hydrogen (secondary N) is 2. The number of benzene rings is 4. The van der Waals surface area contributed by atoms with Crippen molar-refractivity contribution >= 4 is 45.3 Å². The van der Waals surface area contributed by atoms with Gasteiger partial charge in [-0.1, -0.05) is 42.1 Å². The molecule has 4 aromatic carbocycles. The van der Waals surface area contributed by atoms with Crippen molar-refractivity contribution in [3.8, 4) is 11.5 Å². The average Bonchev–Trinajstić information content (AvgIpc) is 2.75. The molecule has 4 nitrogen and oxygen atoms in total. The molecule has 0 amide bonds. The van der Waals surface area contributed by atoms with Gasteiger partial charge >= 0.3 is 0 Å². The molecular weight excluding hydrogens is 399 g/mol. The Morgan fingerprint density at radius 1 is 1.03 bits per heavy atom. The maximum atomic E-state index is 13.9. The van der Waals surface area contributed by atoms with Crippen molar-refractivity contribution < 1.29 is 14.2 Å². The quantitative estimate of drug-likeness (QED) is 0.219. The average molecular weight is 418 g/mol. The molecule has 1 aliphatic rings. The summed E-state index contributed by atoms with van der Waals surface area (Å²) in [6, 6.07) is 18.2. The second kappa shape index (κ2) is 7.15. The number of phenolic OH excluding ortho intramolecular Hbond substituents is 1. The van der Waals surface area contributed by atoms with Gasteiger partial charge in [-0.3, -0.25) is 0 Å². The van der Waals surface area contributed by atoms with E-state index in [1.807, 2.05) is 49.4 Å². The lowest BCUT2D eigenvalue weighted by atomic mass is 10.0. The highest BCUT2D eigenvalue weighted by Crippen LogP contribution is 2.55. The lowest BCUT2D eigenvalue weighted by Crippen LogP contribution is -2.05. The summed E-state index contributed by atoms with van der Waals surface area (Å²) < 4.78 is 19.4. The van der Waals surface area contributed by atoms with Crippen LogP contribution in [0.2, 0.25) is 0 Å². The molecule has 0 radical (unpaired) electrons. The first-order valence-electron chi connectivity index (χ1n) is 9.49. The molecule has 0 bridgehead atoms. The van der Waals surface area contributed by atoms with Crippen LogP contribution in [-0.4, -0.2) is 12.2 Å². The van der Waals surface area contributed by atoms with E-state index >= 15 is 0 Å². The molecule has 6 heteroatoms. The van der Waals surface area contributed by atoms with Gasteiger partial charge in [0.1, 0.15) is 17.3 Å². The van der Waals surface area contributed by atoms with Crippen LogP contribution in [0, 0.1) is 12.7 Å². The van der Waals surface area contributed by atoms with E-state index in [-0.39, 0.29) is 11.6 Å². The maximum Gasteiger partial charge on any atom is 0.148 e. The molecule has 150 valence electrons. The number of hydrogen-bond donors (Lipinski definition) is 3. The number of aryl methyl sites for hydroxylation is 1. The Bertz CT molecular complexity index is 1310. The normalized spacial score (nSPS) is 12.1. The van der Waals surface area contributed by atoms with E-state index in [2.05, 4.69) is 10.6 Å². The zero-order valence-electron chi connectivity index (χ0n) is 16.4. The minimum Gasteiger partial charge on any atom is -0.505 e. The van der Waals surface area contributed by atoms with Crippen molar-refractivity contribution in [3.63, 3.8) is 0 Å². The first-order chi connectivity index (χ1) is 14.5. The fourth-order valence-corrected chi connectivity index (χ4v) is 4.86. The molecule has 1 heterocycles. The Balaban J connectivity index is 1.74. The molecule has 0 saturated carbocycles. The number of fused-ring (bicyclic) bond motifs is 4. The molecule has 0 spiro atoms. The van der Waals surface area contributed by atoms with Crippen LogP contribution in [0.1, 0.15) is 5.56 Å². The molecule has 0 aromatic heterocycles. The summed E-state index contributed by atoms with van der Waals surface area (Å²) in [6.07, 6.45) is 0. The van der Waals surface area contributed by atoms with Crippen LogP contribution >= 0.6 is 11.8 Å². The summed E-state index contributed by atoms with van der Waals surface area (Å²) >= 11 is 1.42. The molecule has 1 aliphatic heterocycles. The minimum absolute atomic E-state index is 0.141. The zero-order valence-corrected chi connectivity index (χ0v) is 17.2. The van der Waals surface area contributed by atoms with Crippen molar-refractivity contribution in [1.82, 2.24) is 0 Å². The van der Waals surface area contributed by atoms with Crippen LogP contribution < -0.4 is 15.4 Å². The first-order valence-corrected chi connectivity index (χ1v) is 10.3. The third kappa shape index (κ3) is 3.00. The van der Waals surface area contributed by atoms with Crippen LogP contribution in [0.4, 0.5) is 27.1 Å². The van der Waals surface area contributed by atoms with Crippen LogP contribution in [0.5, 0.6) is 11.5 Å². The topological polar surface area (TPSA) is 53.5 Å². The largest absolute Gasteiger partial charge is 0.505 e. The monoisotopic (exact) mass is 418 g/mol. The van der Waals surface area contributed by atoms with Crippen molar-refractivity contribution in [2.45, 2.75) is 16.7 Å². The van der Waals surface area contributed by atoms with Gasteiger partial charge in [-0.2, -0.15) is 0 Å². The van der Waals surface area contributed by atoms with Gasteiger partial charge in [0.25, 0.3) is 0 Å². The number of halogens is 1. The number of aromatic hydroxyl groups is 1. The third-order valence-corrected chi connectivity index (χ3v) is 6.34. The van der Waals surface area contributed by atoms with Crippen molar-refractivity contribution in [3.05, 3.63) is 72.0 Å². The highest BCUT2D eigenvalue weighted by atomic mass is 32.2. The van der Waals surface area contributed by atoms with Crippen molar-refractivity contribution in [2.75, 3.05) is 17.7 Å². The van der Waals surface area contributed by atoms with Crippen molar-refractivity contribution in [1.29, 1.82) is 0 Å². The summed E-state index contributed by atoms with van der Waals surface area (Å²) in [4.78, 5) is 1.56. The van der Waals surface area contributed by atoms with E-state index in [4.69, 9.17) is 4.74 Å². The number of anilines is 4. The molecule has 0 fully saturated rings. The Hall–Kier alpha value is -3.38. The standard InChI is InChI=1S/C24H19FN2O2S/c1-13-7-10-19(29-2)18(11-13)27-22-23(28)16-6-4-3-5-15(16)21-24(22)30-20-12-14(25)8-9-17(20)26-21/h3-12,26-28H,1-2H3. The van der Waals surface area contributed by atoms with Crippen LogP contribution in [-0.2, 0) is 0 Å². The molecule has 3 N–H and O–H groups in total. The second-order valence-corrected chi connectivity index (χ2v) is 8.22. The fourth-order valence-electron chi connectivity index (χ4n) is 3.72. The van der Waals surface area contributed by atoms with Gasteiger partial charge in [0.2, 0.25) is 0 Å². The maximum absolute atomic E-state index is 13.9. The Morgan fingerprint density at radius 2 is 1.83 bits per heavy atom. The molecule has 0 atom stereocenters. The predicted octanol–water partition coefficient (Wildman–Crippen LogP) is 6.95. The highest BCUT2D eigenvalue weighted by molar-refractivity contribution is 8.00. The van der Waals surface area contributed by atoms with E-state index in [0.717, 1.165) is 43.2 Å². The SMILES string of the molecule is COc1ccc(C)cc1Nc1c2c(c3ccccc3c1O)Nc1ccc(F)cc1S2. The van der Waals surface area contributed by atoms with E-state index in [1.54, 1.807) is 13.2 Å². The lowest BCUT2D eigenvalue weighted by molar-refractivity contribution is 0.416. The first kappa shape index (κ1) is 18.6. The van der Waals surface area contributed by atoms with Gasteiger partial charge in [-0.15, -0.1) is 0 Å². The molecular formula is C24H19FN2O2S. The van der Waals surface area contributed by atoms with Crippen LogP contribution in [0.25, 0.3) is 10.8 Å². The van der Waals surface area contributed by atoms with E-state index in [1.165, 1.54) is 23.9 Å². The van der Waals surface area contributed by atoms with Gasteiger partial charge in [0.15, 0.2) is 0 Å². The predicted molar refractivity (Wildman–Crippen MR) is 120 cm³/mol. The summed E-state index contributed by atoms with van der Waals surface area (Å²) in [7, 11) is 1.61. The number of methoxy groups -OCH3 is 1. The van der Waals surface area contributed by atoms with Gasteiger partial charge in [-0.05, 0) is 42.8 Å². The molecule has 30 heavy (non-hydrogen) atoms. The number of phenols is 1. The highest BCUT2D eigenvalue weighted by Gasteiger charge is 2.26. The van der Waals surface area contributed by atoms with Crippen LogP contribution in [0.3, 0.4) is 0 Å². The van der Waals surface area contributed by atoms with E-state index in [0.29, 0.717) is 11.4 Å². The zero-order chi connectivity index (χ0) is 20.8. The minimum atomic E-state index is -0.300.